The van der Waals surface area contributed by atoms with Crippen molar-refractivity contribution in [2.75, 3.05) is 18.5 Å². The highest BCUT2D eigenvalue weighted by Crippen LogP contribution is 2.19. The Balaban J connectivity index is 1.63. The van der Waals surface area contributed by atoms with Gasteiger partial charge in [0.25, 0.3) is 5.91 Å². The molecule has 1 atom stereocenters. The van der Waals surface area contributed by atoms with Crippen LogP contribution in [0.3, 0.4) is 0 Å². The monoisotopic (exact) mass is 329 g/mol. The minimum Gasteiger partial charge on any atom is -0.378 e. The summed E-state index contributed by atoms with van der Waals surface area (Å²) in [7, 11) is 0. The van der Waals surface area contributed by atoms with Gasteiger partial charge in [0.1, 0.15) is 11.6 Å². The first-order chi connectivity index (χ1) is 11.7. The van der Waals surface area contributed by atoms with E-state index in [9.17, 15) is 9.18 Å². The highest BCUT2D eigenvalue weighted by Gasteiger charge is 2.17. The number of nitrogens with zero attached hydrogens (tertiary/aromatic N) is 1. The number of aromatic nitrogens is 1. The molecule has 0 bridgehead atoms. The summed E-state index contributed by atoms with van der Waals surface area (Å²) in [5.74, 6) is -0.156. The lowest BCUT2D eigenvalue weighted by Gasteiger charge is -2.13. The summed E-state index contributed by atoms with van der Waals surface area (Å²) in [6, 6.07) is 9.43. The largest absolute Gasteiger partial charge is 0.378 e. The van der Waals surface area contributed by atoms with Gasteiger partial charge in [-0.1, -0.05) is 6.07 Å². The zero-order valence-corrected chi connectivity index (χ0v) is 13.3. The summed E-state index contributed by atoms with van der Waals surface area (Å²) in [5.41, 5.74) is 0.969. The van der Waals surface area contributed by atoms with Crippen molar-refractivity contribution in [1.82, 2.24) is 10.3 Å². The van der Waals surface area contributed by atoms with E-state index in [4.69, 9.17) is 4.74 Å². The van der Waals surface area contributed by atoms with Crippen molar-refractivity contribution in [3.05, 3.63) is 54.0 Å². The van der Waals surface area contributed by atoms with Crippen LogP contribution in [0.4, 0.5) is 15.9 Å². The maximum absolute atomic E-state index is 13.3. The molecule has 2 N–H and O–H groups in total. The highest BCUT2D eigenvalue weighted by molar-refractivity contribution is 5.99. The Kier molecular flexibility index (Phi) is 5.38. The number of amides is 1. The first-order valence-electron chi connectivity index (χ1n) is 8.10. The summed E-state index contributed by atoms with van der Waals surface area (Å²) in [4.78, 5) is 16.6. The lowest BCUT2D eigenvalue weighted by atomic mass is 10.2. The van der Waals surface area contributed by atoms with Crippen molar-refractivity contribution in [3.8, 4) is 0 Å². The average molecular weight is 329 g/mol. The van der Waals surface area contributed by atoms with Crippen LogP contribution in [-0.4, -0.2) is 30.1 Å². The molecule has 126 valence electrons. The Morgan fingerprint density at radius 3 is 3.04 bits per heavy atom. The number of anilines is 2. The zero-order chi connectivity index (χ0) is 16.8. The first kappa shape index (κ1) is 16.4. The van der Waals surface area contributed by atoms with Crippen LogP contribution < -0.4 is 10.6 Å². The Morgan fingerprint density at radius 2 is 2.25 bits per heavy atom. The lowest BCUT2D eigenvalue weighted by Crippen LogP contribution is -2.27. The van der Waals surface area contributed by atoms with Crippen LogP contribution in [-0.2, 0) is 4.74 Å². The Hall–Kier alpha value is -2.47. The van der Waals surface area contributed by atoms with Crippen molar-refractivity contribution < 1.29 is 13.9 Å². The van der Waals surface area contributed by atoms with Crippen LogP contribution in [0.25, 0.3) is 0 Å². The van der Waals surface area contributed by atoms with E-state index in [1.807, 2.05) is 0 Å². The molecule has 1 aliphatic heterocycles. The van der Waals surface area contributed by atoms with Gasteiger partial charge >= 0.3 is 0 Å². The molecule has 6 heteroatoms. The van der Waals surface area contributed by atoms with Gasteiger partial charge in [-0.3, -0.25) is 4.79 Å². The van der Waals surface area contributed by atoms with Gasteiger partial charge in [-0.05, 0) is 49.6 Å². The molecule has 1 saturated heterocycles. The predicted molar refractivity (Wildman–Crippen MR) is 89.8 cm³/mol. The van der Waals surface area contributed by atoms with Gasteiger partial charge < -0.3 is 15.4 Å². The molecule has 1 fully saturated rings. The van der Waals surface area contributed by atoms with Crippen molar-refractivity contribution >= 4 is 17.4 Å². The van der Waals surface area contributed by atoms with Crippen molar-refractivity contribution in [2.45, 2.75) is 25.4 Å². The van der Waals surface area contributed by atoms with Gasteiger partial charge in [0, 0.05) is 25.0 Å². The number of hydrogen-bond donors (Lipinski definition) is 2. The minimum absolute atomic E-state index is 0.208. The van der Waals surface area contributed by atoms with Crippen LogP contribution in [0.15, 0.2) is 42.6 Å². The lowest BCUT2D eigenvalue weighted by molar-refractivity contribution is 0.0907. The quantitative estimate of drug-likeness (QED) is 0.854. The van der Waals surface area contributed by atoms with E-state index in [0.717, 1.165) is 25.9 Å². The molecule has 5 nitrogen and oxygen atoms in total. The van der Waals surface area contributed by atoms with Crippen LogP contribution in [0.5, 0.6) is 0 Å². The van der Waals surface area contributed by atoms with E-state index in [2.05, 4.69) is 15.6 Å². The molecular formula is C18H20FN3O2. The number of hydrogen-bond acceptors (Lipinski definition) is 4. The van der Waals surface area contributed by atoms with E-state index in [1.54, 1.807) is 30.5 Å². The molecule has 1 aromatic heterocycles. The standard InChI is InChI=1S/C18H20FN3O2/c19-13-4-1-5-14(12-13)22-17-16(7-2-9-20-17)18(23)21-10-8-15-6-3-11-24-15/h1-2,4-5,7,9,12,15H,3,6,8,10-11H2,(H,20,22)(H,21,23)/t15-/m1/s1. The van der Waals surface area contributed by atoms with Crippen molar-refractivity contribution in [3.63, 3.8) is 0 Å². The van der Waals surface area contributed by atoms with Gasteiger partial charge in [-0.25, -0.2) is 9.37 Å². The number of pyridine rings is 1. The Labute approximate surface area is 140 Å². The molecule has 3 rings (SSSR count). The predicted octanol–water partition coefficient (Wildman–Crippen LogP) is 3.26. The zero-order valence-electron chi connectivity index (χ0n) is 13.3. The van der Waals surface area contributed by atoms with E-state index < -0.39 is 0 Å². The molecular weight excluding hydrogens is 309 g/mol. The molecule has 2 heterocycles. The molecule has 1 amide bonds. The Morgan fingerprint density at radius 1 is 1.33 bits per heavy atom. The molecule has 24 heavy (non-hydrogen) atoms. The second-order valence-electron chi connectivity index (χ2n) is 5.71. The van der Waals surface area contributed by atoms with E-state index >= 15 is 0 Å². The van der Waals surface area contributed by atoms with Crippen LogP contribution in [0.2, 0.25) is 0 Å². The van der Waals surface area contributed by atoms with Crippen LogP contribution in [0.1, 0.15) is 29.6 Å². The van der Waals surface area contributed by atoms with Crippen molar-refractivity contribution in [2.24, 2.45) is 0 Å². The molecule has 0 spiro atoms. The number of ether oxygens (including phenoxy) is 1. The molecule has 2 aromatic rings. The number of carbonyl (C=O) groups excluding carboxylic acids is 1. The smallest absolute Gasteiger partial charge is 0.255 e. The number of halogens is 1. The fourth-order valence-electron chi connectivity index (χ4n) is 2.71. The first-order valence-corrected chi connectivity index (χ1v) is 8.10. The highest BCUT2D eigenvalue weighted by atomic mass is 19.1. The molecule has 1 aliphatic rings. The fourth-order valence-corrected chi connectivity index (χ4v) is 2.71. The van der Waals surface area contributed by atoms with E-state index in [1.165, 1.54) is 12.1 Å². The third-order valence-electron chi connectivity index (χ3n) is 3.92. The summed E-state index contributed by atoms with van der Waals surface area (Å²) < 4.78 is 18.8. The van der Waals surface area contributed by atoms with Gasteiger partial charge in [-0.2, -0.15) is 0 Å². The normalized spacial score (nSPS) is 16.8. The third-order valence-corrected chi connectivity index (χ3v) is 3.92. The maximum atomic E-state index is 13.3. The summed E-state index contributed by atoms with van der Waals surface area (Å²) >= 11 is 0. The van der Waals surface area contributed by atoms with E-state index in [-0.39, 0.29) is 17.8 Å². The van der Waals surface area contributed by atoms with Crippen LogP contribution >= 0.6 is 0 Å². The van der Waals surface area contributed by atoms with E-state index in [0.29, 0.717) is 23.6 Å². The summed E-state index contributed by atoms with van der Waals surface area (Å²) in [6.07, 6.45) is 4.77. The second kappa shape index (κ2) is 7.88. The average Bonchev–Trinajstić information content (AvgIpc) is 3.09. The molecule has 1 aromatic carbocycles. The third kappa shape index (κ3) is 4.29. The molecule has 0 radical (unpaired) electrons. The number of rotatable bonds is 6. The van der Waals surface area contributed by atoms with Crippen molar-refractivity contribution in [1.29, 1.82) is 0 Å². The minimum atomic E-state index is -0.349. The van der Waals surface area contributed by atoms with Gasteiger partial charge in [0.05, 0.1) is 11.7 Å². The summed E-state index contributed by atoms with van der Waals surface area (Å²) in [6.45, 7) is 1.36. The van der Waals surface area contributed by atoms with Gasteiger partial charge in [0.15, 0.2) is 0 Å². The number of carbonyl (C=O) groups is 1. The number of nitrogens with one attached hydrogen (secondary N) is 2. The molecule has 0 aliphatic carbocycles. The maximum Gasteiger partial charge on any atom is 0.255 e. The fraction of sp³-hybridized carbons (Fsp3) is 0.333. The molecule has 0 unspecified atom stereocenters. The van der Waals surface area contributed by atoms with Crippen LogP contribution in [0, 0.1) is 5.82 Å². The van der Waals surface area contributed by atoms with Gasteiger partial charge in [0.2, 0.25) is 0 Å². The topological polar surface area (TPSA) is 63.2 Å². The Bertz CT molecular complexity index is 702. The SMILES string of the molecule is O=C(NCC[C@H]1CCCO1)c1cccnc1Nc1cccc(F)c1. The second-order valence-corrected chi connectivity index (χ2v) is 5.71. The summed E-state index contributed by atoms with van der Waals surface area (Å²) in [5, 5.41) is 5.88. The van der Waals surface area contributed by atoms with Gasteiger partial charge in [-0.15, -0.1) is 0 Å². The number of benzene rings is 1. The molecule has 0 saturated carbocycles.